The van der Waals surface area contributed by atoms with Crippen LogP contribution >= 0.6 is 0 Å². The Morgan fingerprint density at radius 1 is 1.46 bits per heavy atom. The standard InChI is InChI=1S/C9H14N2O2/c1-9(6-3-4-6)8(13)11(2)5-7(12)10-9/h6H,3-5H2,1-2H3,(H,10,12). The Morgan fingerprint density at radius 3 is 2.62 bits per heavy atom. The van der Waals surface area contributed by atoms with Gasteiger partial charge in [0, 0.05) is 7.05 Å². The number of nitrogens with zero attached hydrogens (tertiary/aromatic N) is 1. The van der Waals surface area contributed by atoms with Gasteiger partial charge in [0.15, 0.2) is 0 Å². The van der Waals surface area contributed by atoms with E-state index in [1.165, 1.54) is 4.90 Å². The highest BCUT2D eigenvalue weighted by Crippen LogP contribution is 2.41. The Labute approximate surface area is 77.3 Å². The smallest absolute Gasteiger partial charge is 0.248 e. The molecule has 72 valence electrons. The quantitative estimate of drug-likeness (QED) is 0.607. The van der Waals surface area contributed by atoms with Gasteiger partial charge in [0.1, 0.15) is 5.54 Å². The Bertz CT molecular complexity index is 273. The summed E-state index contributed by atoms with van der Waals surface area (Å²) in [5.41, 5.74) is -0.621. The highest BCUT2D eigenvalue weighted by Gasteiger charge is 2.51. The minimum absolute atomic E-state index is 0.0449. The molecule has 0 aromatic rings. The van der Waals surface area contributed by atoms with E-state index in [1.54, 1.807) is 7.05 Å². The molecule has 2 amide bonds. The minimum Gasteiger partial charge on any atom is -0.340 e. The molecule has 0 aromatic carbocycles. The fraction of sp³-hybridized carbons (Fsp3) is 0.778. The first-order chi connectivity index (χ1) is 6.04. The SMILES string of the molecule is CN1CC(=O)NC(C)(C2CC2)C1=O. The second kappa shape index (κ2) is 2.47. The molecule has 1 heterocycles. The zero-order valence-corrected chi connectivity index (χ0v) is 7.96. The fourth-order valence-corrected chi connectivity index (χ4v) is 2.00. The maximum Gasteiger partial charge on any atom is 0.248 e. The molecular weight excluding hydrogens is 168 g/mol. The molecule has 2 fully saturated rings. The van der Waals surface area contributed by atoms with Crippen LogP contribution in [0.1, 0.15) is 19.8 Å². The summed E-state index contributed by atoms with van der Waals surface area (Å²) in [5, 5.41) is 2.80. The van der Waals surface area contributed by atoms with Crippen molar-refractivity contribution in [2.75, 3.05) is 13.6 Å². The molecule has 1 N–H and O–H groups in total. The number of hydrogen-bond donors (Lipinski definition) is 1. The monoisotopic (exact) mass is 182 g/mol. The molecule has 4 heteroatoms. The zero-order chi connectivity index (χ0) is 9.64. The number of likely N-dealkylation sites (N-methyl/N-ethyl adjacent to an activating group) is 1. The molecular formula is C9H14N2O2. The lowest BCUT2D eigenvalue weighted by atomic mass is 9.92. The summed E-state index contributed by atoms with van der Waals surface area (Å²) in [4.78, 5) is 24.6. The summed E-state index contributed by atoms with van der Waals surface area (Å²) in [6.45, 7) is 2.03. The van der Waals surface area contributed by atoms with Gasteiger partial charge in [-0.1, -0.05) is 0 Å². The predicted molar refractivity (Wildman–Crippen MR) is 46.9 cm³/mol. The van der Waals surface area contributed by atoms with Gasteiger partial charge in [-0.3, -0.25) is 9.59 Å². The molecule has 0 aromatic heterocycles. The van der Waals surface area contributed by atoms with Gasteiger partial charge in [-0.05, 0) is 25.7 Å². The molecule has 2 rings (SSSR count). The lowest BCUT2D eigenvalue weighted by Crippen LogP contribution is -2.65. The van der Waals surface area contributed by atoms with Gasteiger partial charge >= 0.3 is 0 Å². The van der Waals surface area contributed by atoms with Crippen LogP contribution in [0.4, 0.5) is 0 Å². The van der Waals surface area contributed by atoms with E-state index < -0.39 is 5.54 Å². The average Bonchev–Trinajstić information content (AvgIpc) is 2.81. The highest BCUT2D eigenvalue weighted by molar-refractivity contribution is 5.98. The van der Waals surface area contributed by atoms with Crippen LogP contribution in [0, 0.1) is 5.92 Å². The maximum absolute atomic E-state index is 11.8. The Balaban J connectivity index is 2.24. The third-order valence-electron chi connectivity index (χ3n) is 2.96. The number of hydrogen-bond acceptors (Lipinski definition) is 2. The van der Waals surface area contributed by atoms with Gasteiger partial charge < -0.3 is 10.2 Å². The molecule has 1 aliphatic carbocycles. The Hall–Kier alpha value is -1.06. The fourth-order valence-electron chi connectivity index (χ4n) is 2.00. The molecule has 1 atom stereocenters. The zero-order valence-electron chi connectivity index (χ0n) is 7.96. The lowest BCUT2D eigenvalue weighted by Gasteiger charge is -2.38. The molecule has 13 heavy (non-hydrogen) atoms. The summed E-state index contributed by atoms with van der Waals surface area (Å²) in [6.07, 6.45) is 2.10. The number of carbonyl (C=O) groups is 2. The summed E-state index contributed by atoms with van der Waals surface area (Å²) in [7, 11) is 1.68. The van der Waals surface area contributed by atoms with E-state index in [0.29, 0.717) is 5.92 Å². The highest BCUT2D eigenvalue weighted by atomic mass is 16.2. The predicted octanol–water partition coefficient (Wildman–Crippen LogP) is -0.257. The molecule has 0 spiro atoms. The summed E-state index contributed by atoms with van der Waals surface area (Å²) in [5.74, 6) is 0.359. The van der Waals surface area contributed by atoms with Crippen LogP contribution in [0.15, 0.2) is 0 Å². The molecule has 1 saturated carbocycles. The average molecular weight is 182 g/mol. The molecule has 1 aliphatic heterocycles. The Kier molecular flexibility index (Phi) is 1.62. The van der Waals surface area contributed by atoms with Crippen LogP contribution in [0.25, 0.3) is 0 Å². The third-order valence-corrected chi connectivity index (χ3v) is 2.96. The van der Waals surface area contributed by atoms with Gasteiger partial charge in [0.25, 0.3) is 0 Å². The largest absolute Gasteiger partial charge is 0.340 e. The third kappa shape index (κ3) is 1.20. The molecule has 1 saturated heterocycles. The van der Waals surface area contributed by atoms with Gasteiger partial charge in [0.05, 0.1) is 6.54 Å². The van der Waals surface area contributed by atoms with Crippen LogP contribution in [0.3, 0.4) is 0 Å². The van der Waals surface area contributed by atoms with E-state index in [1.807, 2.05) is 6.92 Å². The van der Waals surface area contributed by atoms with Crippen LogP contribution in [0.5, 0.6) is 0 Å². The van der Waals surface area contributed by atoms with Crippen molar-refractivity contribution < 1.29 is 9.59 Å². The molecule has 4 nitrogen and oxygen atoms in total. The first-order valence-corrected chi connectivity index (χ1v) is 4.60. The van der Waals surface area contributed by atoms with E-state index in [2.05, 4.69) is 5.32 Å². The normalized spacial score (nSPS) is 34.8. The summed E-state index contributed by atoms with van der Waals surface area (Å²) in [6, 6.07) is 0. The molecule has 1 unspecified atom stereocenters. The van der Waals surface area contributed by atoms with Gasteiger partial charge in [-0.25, -0.2) is 0 Å². The molecule has 2 aliphatic rings. The van der Waals surface area contributed by atoms with Crippen molar-refractivity contribution in [1.29, 1.82) is 0 Å². The number of piperazine rings is 1. The number of carbonyl (C=O) groups excluding carboxylic acids is 2. The molecule has 0 bridgehead atoms. The van der Waals surface area contributed by atoms with Crippen molar-refractivity contribution in [3.05, 3.63) is 0 Å². The van der Waals surface area contributed by atoms with E-state index >= 15 is 0 Å². The van der Waals surface area contributed by atoms with E-state index in [4.69, 9.17) is 0 Å². The first-order valence-electron chi connectivity index (χ1n) is 4.60. The van der Waals surface area contributed by atoms with E-state index in [9.17, 15) is 9.59 Å². The van der Waals surface area contributed by atoms with Crippen molar-refractivity contribution in [3.63, 3.8) is 0 Å². The van der Waals surface area contributed by atoms with E-state index in [-0.39, 0.29) is 18.4 Å². The van der Waals surface area contributed by atoms with Crippen molar-refractivity contribution >= 4 is 11.8 Å². The minimum atomic E-state index is -0.621. The van der Waals surface area contributed by atoms with Crippen molar-refractivity contribution in [3.8, 4) is 0 Å². The van der Waals surface area contributed by atoms with Crippen molar-refractivity contribution in [1.82, 2.24) is 10.2 Å². The van der Waals surface area contributed by atoms with Crippen LogP contribution in [-0.2, 0) is 9.59 Å². The molecule has 0 radical (unpaired) electrons. The van der Waals surface area contributed by atoms with Crippen molar-refractivity contribution in [2.24, 2.45) is 5.92 Å². The van der Waals surface area contributed by atoms with Gasteiger partial charge in [-0.2, -0.15) is 0 Å². The van der Waals surface area contributed by atoms with Crippen molar-refractivity contribution in [2.45, 2.75) is 25.3 Å². The second-order valence-electron chi connectivity index (χ2n) is 4.19. The van der Waals surface area contributed by atoms with E-state index in [0.717, 1.165) is 12.8 Å². The second-order valence-corrected chi connectivity index (χ2v) is 4.19. The number of nitrogens with one attached hydrogen (secondary N) is 1. The summed E-state index contributed by atoms with van der Waals surface area (Å²) >= 11 is 0. The summed E-state index contributed by atoms with van der Waals surface area (Å²) < 4.78 is 0. The van der Waals surface area contributed by atoms with Gasteiger partial charge in [-0.15, -0.1) is 0 Å². The number of amides is 2. The van der Waals surface area contributed by atoms with Crippen LogP contribution in [0.2, 0.25) is 0 Å². The topological polar surface area (TPSA) is 49.4 Å². The lowest BCUT2D eigenvalue weighted by molar-refractivity contribution is -0.148. The van der Waals surface area contributed by atoms with Crippen LogP contribution < -0.4 is 5.32 Å². The maximum atomic E-state index is 11.8. The first kappa shape index (κ1) is 8.53. The van der Waals surface area contributed by atoms with Crippen LogP contribution in [-0.4, -0.2) is 35.8 Å². The van der Waals surface area contributed by atoms with Gasteiger partial charge in [0.2, 0.25) is 11.8 Å². The Morgan fingerprint density at radius 2 is 2.08 bits per heavy atom. The number of rotatable bonds is 1.